The highest BCUT2D eigenvalue weighted by atomic mass is 19.1. The van der Waals surface area contributed by atoms with Crippen LogP contribution in [-0.2, 0) is 0 Å². The van der Waals surface area contributed by atoms with Crippen LogP contribution in [-0.4, -0.2) is 6.61 Å². The van der Waals surface area contributed by atoms with E-state index < -0.39 is 11.6 Å². The molecule has 1 aromatic rings. The van der Waals surface area contributed by atoms with Crippen molar-refractivity contribution in [2.75, 3.05) is 6.61 Å². The molecule has 74 valence electrons. The van der Waals surface area contributed by atoms with E-state index in [2.05, 4.69) is 0 Å². The topological polar surface area (TPSA) is 33.0 Å². The predicted octanol–water partition coefficient (Wildman–Crippen LogP) is 2.63. The summed E-state index contributed by atoms with van der Waals surface area (Å²) in [6.45, 7) is 2.19. The Bertz CT molecular complexity index is 371. The van der Waals surface area contributed by atoms with Gasteiger partial charge in [-0.25, -0.2) is 8.78 Å². The molecular weight excluding hydrogens is 188 g/mol. The monoisotopic (exact) mass is 197 g/mol. The first-order valence-electron chi connectivity index (χ1n) is 4.21. The van der Waals surface area contributed by atoms with Gasteiger partial charge in [-0.1, -0.05) is 6.92 Å². The molecule has 2 nitrogen and oxygen atoms in total. The van der Waals surface area contributed by atoms with E-state index in [1.54, 1.807) is 6.07 Å². The molecule has 0 atom stereocenters. The quantitative estimate of drug-likeness (QED) is 0.746. The van der Waals surface area contributed by atoms with E-state index in [-0.39, 0.29) is 11.3 Å². The normalized spacial score (nSPS) is 9.57. The van der Waals surface area contributed by atoms with Gasteiger partial charge in [0.2, 0.25) is 0 Å². The van der Waals surface area contributed by atoms with Crippen LogP contribution in [0.1, 0.15) is 18.9 Å². The molecule has 0 aliphatic rings. The van der Waals surface area contributed by atoms with Crippen LogP contribution >= 0.6 is 0 Å². The van der Waals surface area contributed by atoms with E-state index in [0.717, 1.165) is 6.07 Å². The van der Waals surface area contributed by atoms with Gasteiger partial charge in [0.25, 0.3) is 0 Å². The molecule has 0 unspecified atom stereocenters. The van der Waals surface area contributed by atoms with Crippen molar-refractivity contribution < 1.29 is 13.5 Å². The molecule has 0 radical (unpaired) electrons. The third-order valence-corrected chi connectivity index (χ3v) is 1.59. The SMILES string of the molecule is CCCOc1cc(F)cc(F)c1C#N. The lowest BCUT2D eigenvalue weighted by molar-refractivity contribution is 0.312. The lowest BCUT2D eigenvalue weighted by Gasteiger charge is -2.06. The summed E-state index contributed by atoms with van der Waals surface area (Å²) in [4.78, 5) is 0. The molecule has 0 spiro atoms. The largest absolute Gasteiger partial charge is 0.492 e. The van der Waals surface area contributed by atoms with E-state index in [0.29, 0.717) is 19.1 Å². The van der Waals surface area contributed by atoms with Gasteiger partial charge in [0.15, 0.2) is 0 Å². The summed E-state index contributed by atoms with van der Waals surface area (Å²) in [7, 11) is 0. The van der Waals surface area contributed by atoms with Crippen LogP contribution in [0.25, 0.3) is 0 Å². The number of nitrogens with zero attached hydrogens (tertiary/aromatic N) is 1. The summed E-state index contributed by atoms with van der Waals surface area (Å²) in [5.41, 5.74) is -0.250. The molecule has 0 saturated heterocycles. The molecule has 0 aliphatic carbocycles. The van der Waals surface area contributed by atoms with Gasteiger partial charge in [0.1, 0.15) is 29.0 Å². The van der Waals surface area contributed by atoms with E-state index in [4.69, 9.17) is 10.00 Å². The van der Waals surface area contributed by atoms with Crippen LogP contribution in [0.5, 0.6) is 5.75 Å². The molecule has 1 aromatic carbocycles. The van der Waals surface area contributed by atoms with Crippen molar-refractivity contribution in [3.63, 3.8) is 0 Å². The van der Waals surface area contributed by atoms with E-state index in [1.807, 2.05) is 6.92 Å². The Labute approximate surface area is 80.7 Å². The fourth-order valence-electron chi connectivity index (χ4n) is 0.984. The molecule has 0 aromatic heterocycles. The maximum absolute atomic E-state index is 13.0. The van der Waals surface area contributed by atoms with Crippen LogP contribution in [0.3, 0.4) is 0 Å². The van der Waals surface area contributed by atoms with E-state index in [9.17, 15) is 8.78 Å². The summed E-state index contributed by atoms with van der Waals surface area (Å²) >= 11 is 0. The van der Waals surface area contributed by atoms with Crippen molar-refractivity contribution in [3.05, 3.63) is 29.3 Å². The van der Waals surface area contributed by atoms with Gasteiger partial charge in [-0.05, 0) is 6.42 Å². The minimum absolute atomic E-state index is 0.0353. The zero-order valence-corrected chi connectivity index (χ0v) is 7.68. The van der Waals surface area contributed by atoms with Crippen molar-refractivity contribution in [1.29, 1.82) is 5.26 Å². The smallest absolute Gasteiger partial charge is 0.147 e. The van der Waals surface area contributed by atoms with Gasteiger partial charge < -0.3 is 4.74 Å². The van der Waals surface area contributed by atoms with Gasteiger partial charge in [-0.15, -0.1) is 0 Å². The number of benzene rings is 1. The Morgan fingerprint density at radius 3 is 2.71 bits per heavy atom. The van der Waals surface area contributed by atoms with Crippen molar-refractivity contribution in [2.24, 2.45) is 0 Å². The second kappa shape index (κ2) is 4.56. The molecule has 4 heteroatoms. The minimum Gasteiger partial charge on any atom is -0.492 e. The van der Waals surface area contributed by atoms with Crippen LogP contribution in [0.4, 0.5) is 8.78 Å². The lowest BCUT2D eigenvalue weighted by atomic mass is 10.2. The number of ether oxygens (including phenoxy) is 1. The predicted molar refractivity (Wildman–Crippen MR) is 46.9 cm³/mol. The second-order valence-corrected chi connectivity index (χ2v) is 2.72. The van der Waals surface area contributed by atoms with Gasteiger partial charge in [0, 0.05) is 12.1 Å². The fraction of sp³-hybridized carbons (Fsp3) is 0.300. The van der Waals surface area contributed by atoms with E-state index in [1.165, 1.54) is 0 Å². The highest BCUT2D eigenvalue weighted by Crippen LogP contribution is 2.22. The number of nitriles is 1. The molecule has 0 heterocycles. The maximum atomic E-state index is 13.0. The minimum atomic E-state index is -0.890. The van der Waals surface area contributed by atoms with Gasteiger partial charge >= 0.3 is 0 Å². The molecule has 14 heavy (non-hydrogen) atoms. The second-order valence-electron chi connectivity index (χ2n) is 2.72. The summed E-state index contributed by atoms with van der Waals surface area (Å²) in [6.07, 6.45) is 0.711. The molecule has 0 fully saturated rings. The zero-order valence-electron chi connectivity index (χ0n) is 7.68. The number of rotatable bonds is 3. The average Bonchev–Trinajstić information content (AvgIpc) is 2.14. The first-order chi connectivity index (χ1) is 6.69. The first-order valence-corrected chi connectivity index (χ1v) is 4.21. The Kier molecular flexibility index (Phi) is 3.41. The van der Waals surface area contributed by atoms with Crippen LogP contribution in [0, 0.1) is 23.0 Å². The van der Waals surface area contributed by atoms with Crippen molar-refractivity contribution in [3.8, 4) is 11.8 Å². The lowest BCUT2D eigenvalue weighted by Crippen LogP contribution is -1.99. The highest BCUT2D eigenvalue weighted by molar-refractivity contribution is 5.44. The van der Waals surface area contributed by atoms with Gasteiger partial charge in [0.05, 0.1) is 6.61 Å². The summed E-state index contributed by atoms with van der Waals surface area (Å²) < 4.78 is 30.8. The Balaban J connectivity index is 3.07. The standard InChI is InChI=1S/C10H9F2NO/c1-2-3-14-10-5-7(11)4-9(12)8(10)6-13/h4-5H,2-3H2,1H3. The zero-order chi connectivity index (χ0) is 10.6. The Morgan fingerprint density at radius 2 is 2.14 bits per heavy atom. The number of halogens is 2. The van der Waals surface area contributed by atoms with Crippen molar-refractivity contribution in [1.82, 2.24) is 0 Å². The Morgan fingerprint density at radius 1 is 1.43 bits per heavy atom. The summed E-state index contributed by atoms with van der Waals surface area (Å²) in [5, 5.41) is 8.60. The maximum Gasteiger partial charge on any atom is 0.147 e. The number of hydrogen-bond donors (Lipinski definition) is 0. The molecule has 0 N–H and O–H groups in total. The van der Waals surface area contributed by atoms with Crippen LogP contribution in [0.2, 0.25) is 0 Å². The molecular formula is C10H9F2NO. The summed E-state index contributed by atoms with van der Waals surface area (Å²) in [6, 6.07) is 3.31. The van der Waals surface area contributed by atoms with Crippen LogP contribution in [0.15, 0.2) is 12.1 Å². The van der Waals surface area contributed by atoms with E-state index >= 15 is 0 Å². The van der Waals surface area contributed by atoms with Gasteiger partial charge in [-0.3, -0.25) is 0 Å². The molecule has 0 bridgehead atoms. The third-order valence-electron chi connectivity index (χ3n) is 1.59. The van der Waals surface area contributed by atoms with Crippen LogP contribution < -0.4 is 4.74 Å². The molecule has 0 saturated carbocycles. The van der Waals surface area contributed by atoms with Gasteiger partial charge in [-0.2, -0.15) is 5.26 Å². The van der Waals surface area contributed by atoms with Crippen molar-refractivity contribution in [2.45, 2.75) is 13.3 Å². The molecule has 0 aliphatic heterocycles. The molecule has 0 amide bonds. The summed E-state index contributed by atoms with van der Waals surface area (Å²) in [5.74, 6) is -1.67. The third kappa shape index (κ3) is 2.19. The fourth-order valence-corrected chi connectivity index (χ4v) is 0.984. The average molecular weight is 197 g/mol. The van der Waals surface area contributed by atoms with Crippen molar-refractivity contribution >= 4 is 0 Å². The number of hydrogen-bond acceptors (Lipinski definition) is 2. The highest BCUT2D eigenvalue weighted by Gasteiger charge is 2.11. The molecule has 1 rings (SSSR count). The Hall–Kier alpha value is -1.63. The first kappa shape index (κ1) is 10.5.